The van der Waals surface area contributed by atoms with Crippen molar-refractivity contribution in [3.63, 3.8) is 0 Å². The van der Waals surface area contributed by atoms with Crippen molar-refractivity contribution in [2.45, 2.75) is 27.2 Å². The number of nitrogens with zero attached hydrogens (tertiary/aromatic N) is 2. The van der Waals surface area contributed by atoms with Gasteiger partial charge in [0.2, 0.25) is 5.13 Å². The zero-order valence-electron chi connectivity index (χ0n) is 13.2. The topological polar surface area (TPSA) is 63.6 Å². The molecule has 0 saturated carbocycles. The highest BCUT2D eigenvalue weighted by molar-refractivity contribution is 7.13. The molecule has 0 radical (unpaired) electrons. The summed E-state index contributed by atoms with van der Waals surface area (Å²) in [4.78, 5) is 15.7. The smallest absolute Gasteiger partial charge is 0.311 e. The van der Waals surface area contributed by atoms with E-state index in [0.717, 1.165) is 16.7 Å². The average molecular weight is 352 g/mol. The number of hydrogen-bond acceptors (Lipinski definition) is 6. The number of aromatic nitrogens is 1. The van der Waals surface area contributed by atoms with Gasteiger partial charge in [-0.1, -0.05) is 23.2 Å². The molecule has 0 saturated heterocycles. The van der Waals surface area contributed by atoms with Gasteiger partial charge in [0.1, 0.15) is 0 Å². The van der Waals surface area contributed by atoms with Crippen molar-refractivity contribution in [2.75, 3.05) is 12.0 Å². The van der Waals surface area contributed by atoms with Crippen LogP contribution < -0.4 is 5.43 Å². The fraction of sp³-hybridized carbons (Fsp3) is 0.312. The Morgan fingerprint density at radius 1 is 1.48 bits per heavy atom. The van der Waals surface area contributed by atoms with Crippen LogP contribution in [0.1, 0.15) is 29.3 Å². The van der Waals surface area contributed by atoms with Crippen LogP contribution in [0.3, 0.4) is 0 Å². The van der Waals surface area contributed by atoms with Gasteiger partial charge in [-0.15, -0.1) is 11.3 Å². The Hall–Kier alpha value is -1.92. The summed E-state index contributed by atoms with van der Waals surface area (Å²) in [5.41, 5.74) is 6.50. The number of aryl methyl sites for hydroxylation is 2. The number of nitrogens with one attached hydrogen (secondary N) is 1. The largest absolute Gasteiger partial charge is 0.466 e. The van der Waals surface area contributed by atoms with Gasteiger partial charge >= 0.3 is 5.97 Å². The van der Waals surface area contributed by atoms with Crippen LogP contribution in [0.25, 0.3) is 0 Å². The molecule has 1 heterocycles. The maximum absolute atomic E-state index is 11.4. The van der Waals surface area contributed by atoms with E-state index in [1.807, 2.05) is 26.0 Å². The summed E-state index contributed by atoms with van der Waals surface area (Å²) in [7, 11) is 0. The maximum Gasteiger partial charge on any atom is 0.311 e. The molecular weight excluding hydrogens is 334 g/mol. The Kier molecular flexibility index (Phi) is 6.12. The second kappa shape index (κ2) is 8.08. The van der Waals surface area contributed by atoms with E-state index in [-0.39, 0.29) is 12.4 Å². The van der Waals surface area contributed by atoms with E-state index in [9.17, 15) is 4.79 Å². The predicted octanol–water partition coefficient (Wildman–Crippen LogP) is 3.96. The maximum atomic E-state index is 11.4. The molecule has 1 N–H and O–H groups in total. The molecule has 0 amide bonds. The van der Waals surface area contributed by atoms with Crippen molar-refractivity contribution in [1.29, 1.82) is 0 Å². The highest BCUT2D eigenvalue weighted by Crippen LogP contribution is 2.21. The molecule has 0 spiro atoms. The number of hydrazone groups is 1. The fourth-order valence-corrected chi connectivity index (χ4v) is 2.85. The number of rotatable bonds is 6. The Morgan fingerprint density at radius 3 is 3.00 bits per heavy atom. The third-order valence-electron chi connectivity index (χ3n) is 2.97. The molecule has 0 aliphatic rings. The minimum absolute atomic E-state index is 0.165. The zero-order chi connectivity index (χ0) is 16.8. The molecule has 5 nitrogen and oxygen atoms in total. The normalized spacial score (nSPS) is 11.0. The SMILES string of the molecule is CCOC(=O)Cc1csc(NN=Cc2cc(C)cc(C)c2Cl)n1. The number of halogens is 1. The summed E-state index contributed by atoms with van der Waals surface area (Å²) in [6.45, 7) is 6.12. The highest BCUT2D eigenvalue weighted by atomic mass is 35.5. The van der Waals surface area contributed by atoms with Crippen LogP contribution in [0.2, 0.25) is 5.02 Å². The number of anilines is 1. The van der Waals surface area contributed by atoms with Gasteiger partial charge in [0, 0.05) is 10.9 Å². The highest BCUT2D eigenvalue weighted by Gasteiger charge is 2.08. The van der Waals surface area contributed by atoms with Gasteiger partial charge in [0.25, 0.3) is 0 Å². The predicted molar refractivity (Wildman–Crippen MR) is 94.6 cm³/mol. The number of benzene rings is 1. The molecule has 0 aliphatic heterocycles. The molecule has 23 heavy (non-hydrogen) atoms. The first-order chi connectivity index (χ1) is 11.0. The summed E-state index contributed by atoms with van der Waals surface area (Å²) >= 11 is 7.63. The van der Waals surface area contributed by atoms with Crippen LogP contribution in [-0.2, 0) is 16.0 Å². The van der Waals surface area contributed by atoms with Crippen LogP contribution in [-0.4, -0.2) is 23.8 Å². The molecule has 122 valence electrons. The summed E-state index contributed by atoms with van der Waals surface area (Å²) in [6, 6.07) is 3.99. The molecule has 1 aromatic heterocycles. The standard InChI is InChI=1S/C16H18ClN3O2S/c1-4-22-14(21)7-13-9-23-16(19-13)20-18-8-12-6-10(2)5-11(3)15(12)17/h5-6,8-9H,4,7H2,1-3H3,(H,19,20). The molecule has 0 fully saturated rings. The van der Waals surface area contributed by atoms with E-state index in [1.165, 1.54) is 11.3 Å². The van der Waals surface area contributed by atoms with Crippen molar-refractivity contribution in [2.24, 2.45) is 5.10 Å². The lowest BCUT2D eigenvalue weighted by molar-refractivity contribution is -0.142. The lowest BCUT2D eigenvalue weighted by atomic mass is 10.1. The molecule has 1 aromatic carbocycles. The van der Waals surface area contributed by atoms with E-state index in [4.69, 9.17) is 16.3 Å². The van der Waals surface area contributed by atoms with Gasteiger partial charge in [-0.3, -0.25) is 10.2 Å². The Bertz CT molecular complexity index is 728. The lowest BCUT2D eigenvalue weighted by Gasteiger charge is -2.04. The van der Waals surface area contributed by atoms with E-state index in [0.29, 0.717) is 22.5 Å². The van der Waals surface area contributed by atoms with E-state index in [1.54, 1.807) is 18.5 Å². The number of ether oxygens (including phenoxy) is 1. The van der Waals surface area contributed by atoms with E-state index in [2.05, 4.69) is 15.5 Å². The third kappa shape index (κ3) is 5.04. The van der Waals surface area contributed by atoms with E-state index < -0.39 is 0 Å². The van der Waals surface area contributed by atoms with Crippen LogP contribution in [0, 0.1) is 13.8 Å². The number of esters is 1. The molecule has 0 aliphatic carbocycles. The second-order valence-electron chi connectivity index (χ2n) is 4.98. The Labute approximate surface area is 144 Å². The summed E-state index contributed by atoms with van der Waals surface area (Å²) in [5, 5.41) is 7.26. The molecule has 7 heteroatoms. The molecule has 0 atom stereocenters. The molecule has 0 bridgehead atoms. The molecule has 2 rings (SSSR count). The monoisotopic (exact) mass is 351 g/mol. The van der Waals surface area contributed by atoms with Gasteiger partial charge in [-0.2, -0.15) is 5.10 Å². The van der Waals surface area contributed by atoms with Gasteiger partial charge in [-0.25, -0.2) is 4.98 Å². The van der Waals surface area contributed by atoms with Gasteiger partial charge in [0.05, 0.1) is 30.0 Å². The first-order valence-corrected chi connectivity index (χ1v) is 8.41. The number of thiazole rings is 1. The summed E-state index contributed by atoms with van der Waals surface area (Å²) in [6.07, 6.45) is 1.83. The molecule has 2 aromatic rings. The van der Waals surface area contributed by atoms with Gasteiger partial charge < -0.3 is 4.74 Å². The van der Waals surface area contributed by atoms with Crippen molar-refractivity contribution < 1.29 is 9.53 Å². The fourth-order valence-electron chi connectivity index (χ4n) is 2.03. The van der Waals surface area contributed by atoms with Crippen molar-refractivity contribution in [3.8, 4) is 0 Å². The van der Waals surface area contributed by atoms with E-state index >= 15 is 0 Å². The van der Waals surface area contributed by atoms with Gasteiger partial charge in [-0.05, 0) is 32.4 Å². The second-order valence-corrected chi connectivity index (χ2v) is 6.22. The number of carbonyl (C=O) groups excluding carboxylic acids is 1. The first kappa shape index (κ1) is 17.4. The minimum Gasteiger partial charge on any atom is -0.466 e. The number of carbonyl (C=O) groups is 1. The summed E-state index contributed by atoms with van der Waals surface area (Å²) < 4.78 is 4.89. The summed E-state index contributed by atoms with van der Waals surface area (Å²) in [5.74, 6) is -0.283. The van der Waals surface area contributed by atoms with Crippen LogP contribution in [0.4, 0.5) is 5.13 Å². The lowest BCUT2D eigenvalue weighted by Crippen LogP contribution is -2.07. The van der Waals surface area contributed by atoms with Gasteiger partial charge in [0.15, 0.2) is 0 Å². The average Bonchev–Trinajstić information content (AvgIpc) is 2.91. The Morgan fingerprint density at radius 2 is 2.26 bits per heavy atom. The zero-order valence-corrected chi connectivity index (χ0v) is 14.8. The third-order valence-corrected chi connectivity index (χ3v) is 4.29. The minimum atomic E-state index is -0.283. The van der Waals surface area contributed by atoms with Crippen LogP contribution in [0.5, 0.6) is 0 Å². The molecule has 0 unspecified atom stereocenters. The molecular formula is C16H18ClN3O2S. The Balaban J connectivity index is 1.99. The number of hydrogen-bond donors (Lipinski definition) is 1. The van der Waals surface area contributed by atoms with Crippen molar-refractivity contribution >= 4 is 40.3 Å². The van der Waals surface area contributed by atoms with Crippen molar-refractivity contribution in [1.82, 2.24) is 4.98 Å². The van der Waals surface area contributed by atoms with Crippen LogP contribution >= 0.6 is 22.9 Å². The quantitative estimate of drug-likeness (QED) is 0.486. The van der Waals surface area contributed by atoms with Crippen LogP contribution in [0.15, 0.2) is 22.6 Å². The first-order valence-electron chi connectivity index (χ1n) is 7.15. The van der Waals surface area contributed by atoms with Crippen molar-refractivity contribution in [3.05, 3.63) is 44.9 Å².